The summed E-state index contributed by atoms with van der Waals surface area (Å²) in [6.07, 6.45) is 1.59. The molecule has 0 aliphatic carbocycles. The molecule has 1 rings (SSSR count). The van der Waals surface area contributed by atoms with Gasteiger partial charge in [-0.1, -0.05) is 6.08 Å². The van der Waals surface area contributed by atoms with Gasteiger partial charge in [-0.15, -0.1) is 6.58 Å². The Kier molecular flexibility index (Phi) is 5.44. The zero-order chi connectivity index (χ0) is 13.4. The molecule has 2 amide bonds. The summed E-state index contributed by atoms with van der Waals surface area (Å²) in [6.45, 7) is 5.97. The summed E-state index contributed by atoms with van der Waals surface area (Å²) in [5, 5.41) is 5.20. The van der Waals surface area contributed by atoms with E-state index in [9.17, 15) is 9.59 Å². The summed E-state index contributed by atoms with van der Waals surface area (Å²) < 4.78 is 4.85. The fraction of sp³-hybridized carbons (Fsp3) is 0.231. The van der Waals surface area contributed by atoms with Crippen molar-refractivity contribution < 1.29 is 14.3 Å². The number of carbonyl (C=O) groups excluding carboxylic acids is 2. The van der Waals surface area contributed by atoms with Gasteiger partial charge in [0, 0.05) is 12.2 Å². The maximum Gasteiger partial charge on any atom is 0.338 e. The summed E-state index contributed by atoms with van der Waals surface area (Å²) in [4.78, 5) is 22.7. The third-order valence-electron chi connectivity index (χ3n) is 2.06. The van der Waals surface area contributed by atoms with E-state index in [1.165, 1.54) is 0 Å². The molecule has 0 aliphatic rings. The first-order valence-corrected chi connectivity index (χ1v) is 5.60. The number of nitrogens with one attached hydrogen (secondary N) is 2. The number of esters is 1. The van der Waals surface area contributed by atoms with Crippen molar-refractivity contribution >= 4 is 17.7 Å². The van der Waals surface area contributed by atoms with E-state index in [4.69, 9.17) is 4.74 Å². The van der Waals surface area contributed by atoms with E-state index in [1.807, 2.05) is 0 Å². The Hall–Kier alpha value is -2.30. The minimum absolute atomic E-state index is 0.321. The van der Waals surface area contributed by atoms with Gasteiger partial charge in [0.25, 0.3) is 0 Å². The molecule has 5 heteroatoms. The van der Waals surface area contributed by atoms with Crippen molar-refractivity contribution in [2.75, 3.05) is 18.5 Å². The van der Waals surface area contributed by atoms with Gasteiger partial charge in [-0.25, -0.2) is 9.59 Å². The predicted octanol–water partition coefficient (Wildman–Crippen LogP) is 2.17. The summed E-state index contributed by atoms with van der Waals surface area (Å²) in [5.74, 6) is -0.375. The van der Waals surface area contributed by atoms with Gasteiger partial charge in [0.15, 0.2) is 0 Å². The fourth-order valence-electron chi connectivity index (χ4n) is 1.24. The van der Waals surface area contributed by atoms with Gasteiger partial charge < -0.3 is 15.4 Å². The van der Waals surface area contributed by atoms with Gasteiger partial charge in [0.1, 0.15) is 0 Å². The number of urea groups is 1. The maximum atomic E-state index is 11.4. The third kappa shape index (κ3) is 4.29. The molecule has 18 heavy (non-hydrogen) atoms. The second-order valence-corrected chi connectivity index (χ2v) is 3.42. The quantitative estimate of drug-likeness (QED) is 0.620. The molecule has 5 nitrogen and oxygen atoms in total. The van der Waals surface area contributed by atoms with E-state index in [0.29, 0.717) is 24.4 Å². The lowest BCUT2D eigenvalue weighted by molar-refractivity contribution is 0.0526. The summed E-state index contributed by atoms with van der Waals surface area (Å²) in [5.41, 5.74) is 1.05. The van der Waals surface area contributed by atoms with E-state index >= 15 is 0 Å². The van der Waals surface area contributed by atoms with E-state index in [0.717, 1.165) is 0 Å². The Morgan fingerprint density at radius 1 is 1.33 bits per heavy atom. The van der Waals surface area contributed by atoms with Crippen LogP contribution in [0.2, 0.25) is 0 Å². The number of anilines is 1. The molecule has 2 N–H and O–H groups in total. The lowest BCUT2D eigenvalue weighted by atomic mass is 10.2. The lowest BCUT2D eigenvalue weighted by Crippen LogP contribution is -2.28. The minimum Gasteiger partial charge on any atom is -0.462 e. The Morgan fingerprint density at radius 2 is 2.00 bits per heavy atom. The fourth-order valence-corrected chi connectivity index (χ4v) is 1.24. The number of hydrogen-bond acceptors (Lipinski definition) is 3. The van der Waals surface area contributed by atoms with Gasteiger partial charge in [0.05, 0.1) is 12.2 Å². The van der Waals surface area contributed by atoms with Crippen molar-refractivity contribution in [1.82, 2.24) is 5.32 Å². The van der Waals surface area contributed by atoms with Crippen LogP contribution in [0.1, 0.15) is 17.3 Å². The highest BCUT2D eigenvalue weighted by molar-refractivity contribution is 5.92. The van der Waals surface area contributed by atoms with Crippen LogP contribution in [-0.4, -0.2) is 25.2 Å². The first-order chi connectivity index (χ1) is 8.67. The largest absolute Gasteiger partial charge is 0.462 e. The van der Waals surface area contributed by atoms with E-state index in [1.54, 1.807) is 37.3 Å². The number of benzene rings is 1. The van der Waals surface area contributed by atoms with Gasteiger partial charge in [-0.3, -0.25) is 0 Å². The Balaban J connectivity index is 2.57. The highest BCUT2D eigenvalue weighted by Crippen LogP contribution is 2.10. The van der Waals surface area contributed by atoms with Crippen LogP contribution >= 0.6 is 0 Å². The molecule has 0 unspecified atom stereocenters. The van der Waals surface area contributed by atoms with Crippen molar-refractivity contribution in [3.63, 3.8) is 0 Å². The minimum atomic E-state index is -0.375. The van der Waals surface area contributed by atoms with Crippen LogP contribution in [0.4, 0.5) is 10.5 Å². The van der Waals surface area contributed by atoms with Crippen LogP contribution < -0.4 is 10.6 Å². The predicted molar refractivity (Wildman–Crippen MR) is 69.6 cm³/mol. The van der Waals surface area contributed by atoms with Crippen molar-refractivity contribution in [3.05, 3.63) is 42.5 Å². The van der Waals surface area contributed by atoms with E-state index in [2.05, 4.69) is 17.2 Å². The molecule has 0 heterocycles. The van der Waals surface area contributed by atoms with Crippen molar-refractivity contribution in [2.24, 2.45) is 0 Å². The Bertz CT molecular complexity index is 426. The van der Waals surface area contributed by atoms with Crippen LogP contribution in [0.3, 0.4) is 0 Å². The molecular weight excluding hydrogens is 232 g/mol. The Morgan fingerprint density at radius 3 is 2.56 bits per heavy atom. The third-order valence-corrected chi connectivity index (χ3v) is 2.06. The zero-order valence-corrected chi connectivity index (χ0v) is 10.2. The van der Waals surface area contributed by atoms with Gasteiger partial charge in [-0.2, -0.15) is 0 Å². The summed E-state index contributed by atoms with van der Waals surface area (Å²) in [7, 11) is 0. The molecule has 0 aliphatic heterocycles. The number of hydrogen-bond donors (Lipinski definition) is 2. The topological polar surface area (TPSA) is 67.4 Å². The lowest BCUT2D eigenvalue weighted by Gasteiger charge is -2.06. The van der Waals surface area contributed by atoms with Crippen LogP contribution in [0.25, 0.3) is 0 Å². The summed E-state index contributed by atoms with van der Waals surface area (Å²) >= 11 is 0. The zero-order valence-electron chi connectivity index (χ0n) is 10.2. The first-order valence-electron chi connectivity index (χ1n) is 5.60. The molecular formula is C13H16N2O3. The van der Waals surface area contributed by atoms with Gasteiger partial charge >= 0.3 is 12.0 Å². The van der Waals surface area contributed by atoms with E-state index in [-0.39, 0.29) is 12.0 Å². The molecule has 0 radical (unpaired) electrons. The van der Waals surface area contributed by atoms with Gasteiger partial charge in [-0.05, 0) is 31.2 Å². The number of carbonyl (C=O) groups is 2. The molecule has 96 valence electrons. The highest BCUT2D eigenvalue weighted by Gasteiger charge is 2.06. The molecule has 0 spiro atoms. The van der Waals surface area contributed by atoms with Crippen molar-refractivity contribution in [1.29, 1.82) is 0 Å². The average molecular weight is 248 g/mol. The normalized spacial score (nSPS) is 9.39. The number of amides is 2. The summed E-state index contributed by atoms with van der Waals surface area (Å²) in [6, 6.07) is 6.15. The standard InChI is InChI=1S/C13H16N2O3/c1-3-9-14-13(17)15-11-7-5-10(6-8-11)12(16)18-4-2/h3,5-8H,1,4,9H2,2H3,(H2,14,15,17). The smallest absolute Gasteiger partial charge is 0.338 e. The monoisotopic (exact) mass is 248 g/mol. The molecule has 0 bridgehead atoms. The number of rotatable bonds is 5. The maximum absolute atomic E-state index is 11.4. The molecule has 0 saturated heterocycles. The second-order valence-electron chi connectivity index (χ2n) is 3.42. The van der Waals surface area contributed by atoms with Crippen LogP contribution in [0.5, 0.6) is 0 Å². The Labute approximate surface area is 106 Å². The average Bonchev–Trinajstić information content (AvgIpc) is 2.37. The molecule has 0 fully saturated rings. The molecule has 1 aromatic rings. The molecule has 1 aromatic carbocycles. The second kappa shape index (κ2) is 7.11. The van der Waals surface area contributed by atoms with Gasteiger partial charge in [0.2, 0.25) is 0 Å². The van der Waals surface area contributed by atoms with Crippen molar-refractivity contribution in [2.45, 2.75) is 6.92 Å². The SMILES string of the molecule is C=CCNC(=O)Nc1ccc(C(=O)OCC)cc1. The van der Waals surface area contributed by atoms with E-state index < -0.39 is 0 Å². The van der Waals surface area contributed by atoms with Crippen LogP contribution in [0, 0.1) is 0 Å². The first kappa shape index (κ1) is 13.8. The molecule has 0 atom stereocenters. The van der Waals surface area contributed by atoms with Crippen molar-refractivity contribution in [3.8, 4) is 0 Å². The molecule has 0 aromatic heterocycles. The molecule has 0 saturated carbocycles. The number of ether oxygens (including phenoxy) is 1. The van der Waals surface area contributed by atoms with Crippen LogP contribution in [0.15, 0.2) is 36.9 Å². The van der Waals surface area contributed by atoms with Crippen LogP contribution in [-0.2, 0) is 4.74 Å². The highest BCUT2D eigenvalue weighted by atomic mass is 16.5.